The fourth-order valence-electron chi connectivity index (χ4n) is 2.85. The second kappa shape index (κ2) is 7.99. The molecule has 0 aliphatic carbocycles. The minimum absolute atomic E-state index is 0.213. The summed E-state index contributed by atoms with van der Waals surface area (Å²) < 4.78 is 5.09. The van der Waals surface area contributed by atoms with E-state index >= 15 is 0 Å². The van der Waals surface area contributed by atoms with Crippen LogP contribution in [0, 0.1) is 5.92 Å². The number of carbonyl (C=O) groups excluding carboxylic acids is 2. The molecule has 1 aromatic carbocycles. The first kappa shape index (κ1) is 18.0. The maximum atomic E-state index is 12.6. The highest BCUT2D eigenvalue weighted by atomic mass is 16.5. The molecule has 0 radical (unpaired) electrons. The lowest BCUT2D eigenvalue weighted by Crippen LogP contribution is -2.44. The van der Waals surface area contributed by atoms with E-state index in [4.69, 9.17) is 4.74 Å². The highest BCUT2D eigenvalue weighted by Gasteiger charge is 2.26. The minimum Gasteiger partial charge on any atom is -0.464 e. The Morgan fingerprint density at radius 1 is 1.29 bits per heavy atom. The van der Waals surface area contributed by atoms with Crippen molar-refractivity contribution in [3.8, 4) is 0 Å². The highest BCUT2D eigenvalue weighted by Crippen LogP contribution is 2.27. The van der Waals surface area contributed by atoms with Gasteiger partial charge in [0.2, 0.25) is 5.91 Å². The summed E-state index contributed by atoms with van der Waals surface area (Å²) in [5, 5.41) is 2.85. The number of carbonyl (C=O) groups is 2. The molecular weight excluding hydrogens is 304 g/mol. The smallest absolute Gasteiger partial charge is 0.328 e. The predicted molar refractivity (Wildman–Crippen MR) is 95.7 cm³/mol. The average molecular weight is 330 g/mol. The Hall–Kier alpha value is -2.30. The largest absolute Gasteiger partial charge is 0.464 e. The molecule has 2 rings (SSSR count). The molecule has 1 N–H and O–H groups in total. The molecule has 0 saturated heterocycles. The lowest BCUT2D eigenvalue weighted by atomic mass is 10.0. The van der Waals surface area contributed by atoms with E-state index in [1.807, 2.05) is 56.1 Å². The Labute approximate surface area is 143 Å². The van der Waals surface area contributed by atoms with Crippen LogP contribution in [0.2, 0.25) is 0 Å². The summed E-state index contributed by atoms with van der Waals surface area (Å²) in [6.45, 7) is 6.62. The molecule has 0 spiro atoms. The first-order valence-electron chi connectivity index (χ1n) is 8.40. The van der Waals surface area contributed by atoms with Crippen molar-refractivity contribution in [2.75, 3.05) is 25.1 Å². The van der Waals surface area contributed by atoms with E-state index in [2.05, 4.69) is 5.32 Å². The van der Waals surface area contributed by atoms with Gasteiger partial charge >= 0.3 is 5.97 Å². The monoisotopic (exact) mass is 330 g/mol. The van der Waals surface area contributed by atoms with E-state index in [9.17, 15) is 9.59 Å². The van der Waals surface area contributed by atoms with E-state index in [0.717, 1.165) is 11.3 Å². The molecule has 0 fully saturated rings. The van der Waals surface area contributed by atoms with Crippen LogP contribution >= 0.6 is 0 Å². The fraction of sp³-hybridized carbons (Fsp3) is 0.474. The van der Waals surface area contributed by atoms with Gasteiger partial charge in [-0.25, -0.2) is 4.79 Å². The van der Waals surface area contributed by atoms with Crippen molar-refractivity contribution in [2.45, 2.75) is 33.2 Å². The van der Waals surface area contributed by atoms with Crippen molar-refractivity contribution in [3.05, 3.63) is 35.4 Å². The number of anilines is 1. The van der Waals surface area contributed by atoms with Crippen LogP contribution in [0.4, 0.5) is 5.69 Å². The van der Waals surface area contributed by atoms with Crippen LogP contribution in [0.1, 0.15) is 32.8 Å². The Morgan fingerprint density at radius 2 is 2.00 bits per heavy atom. The number of likely N-dealkylation sites (N-methyl/N-ethyl adjacent to an activating group) is 1. The van der Waals surface area contributed by atoms with E-state index in [1.54, 1.807) is 6.92 Å². The van der Waals surface area contributed by atoms with Crippen LogP contribution in [0.5, 0.6) is 0 Å². The molecule has 1 aromatic rings. The molecule has 130 valence electrons. The molecule has 1 aliphatic heterocycles. The second-order valence-corrected chi connectivity index (χ2v) is 6.49. The van der Waals surface area contributed by atoms with Crippen LogP contribution in [0.3, 0.4) is 0 Å². The number of esters is 1. The van der Waals surface area contributed by atoms with Gasteiger partial charge in [0.15, 0.2) is 0 Å². The maximum absolute atomic E-state index is 12.6. The van der Waals surface area contributed by atoms with E-state index in [1.165, 1.54) is 0 Å². The standard InChI is InChI=1S/C19H26N2O3/c1-5-24-19(23)16(10-13(2)3)20-18(22)15-11-14-8-6-7-9-17(14)21(4)12-15/h6-9,11,13,16H,5,10,12H2,1-4H3,(H,20,22). The summed E-state index contributed by atoms with van der Waals surface area (Å²) in [5.74, 6) is -0.303. The number of benzene rings is 1. The van der Waals surface area contributed by atoms with Crippen molar-refractivity contribution >= 4 is 23.6 Å². The third-order valence-corrected chi connectivity index (χ3v) is 3.96. The lowest BCUT2D eigenvalue weighted by molar-refractivity contribution is -0.147. The molecule has 5 heteroatoms. The number of nitrogens with one attached hydrogen (secondary N) is 1. The average Bonchev–Trinajstić information content (AvgIpc) is 2.54. The number of hydrogen-bond acceptors (Lipinski definition) is 4. The minimum atomic E-state index is -0.610. The Kier molecular flexibility index (Phi) is 6.01. The van der Waals surface area contributed by atoms with Gasteiger partial charge in [-0.1, -0.05) is 32.0 Å². The van der Waals surface area contributed by atoms with Gasteiger partial charge in [-0.3, -0.25) is 4.79 Å². The number of fused-ring (bicyclic) bond motifs is 1. The summed E-state index contributed by atoms with van der Waals surface area (Å²) in [4.78, 5) is 26.8. The zero-order valence-corrected chi connectivity index (χ0v) is 14.8. The number of hydrogen-bond donors (Lipinski definition) is 1. The van der Waals surface area contributed by atoms with Gasteiger partial charge in [-0.05, 0) is 37.0 Å². The SMILES string of the molecule is CCOC(=O)C(CC(C)C)NC(=O)C1=Cc2ccccc2N(C)C1. The molecule has 1 aliphatic rings. The van der Waals surface area contributed by atoms with Crippen LogP contribution in [-0.2, 0) is 14.3 Å². The molecule has 1 heterocycles. The first-order chi connectivity index (χ1) is 11.4. The van der Waals surface area contributed by atoms with Gasteiger partial charge in [-0.2, -0.15) is 0 Å². The number of ether oxygens (including phenoxy) is 1. The zero-order valence-electron chi connectivity index (χ0n) is 14.8. The van der Waals surface area contributed by atoms with Crippen molar-refractivity contribution in [1.29, 1.82) is 0 Å². The summed E-state index contributed by atoms with van der Waals surface area (Å²) in [5.41, 5.74) is 2.75. The quantitative estimate of drug-likeness (QED) is 0.815. The molecule has 5 nitrogen and oxygen atoms in total. The molecule has 0 saturated carbocycles. The summed E-state index contributed by atoms with van der Waals surface area (Å²) in [7, 11) is 1.95. The highest BCUT2D eigenvalue weighted by molar-refractivity contribution is 6.02. The van der Waals surface area contributed by atoms with Gasteiger partial charge in [0, 0.05) is 24.9 Å². The molecule has 1 atom stereocenters. The molecule has 0 bridgehead atoms. The summed E-state index contributed by atoms with van der Waals surface area (Å²) >= 11 is 0. The summed E-state index contributed by atoms with van der Waals surface area (Å²) in [6.07, 6.45) is 2.45. The summed E-state index contributed by atoms with van der Waals surface area (Å²) in [6, 6.07) is 7.33. The zero-order chi connectivity index (χ0) is 17.7. The third kappa shape index (κ3) is 4.37. The predicted octanol–water partition coefficient (Wildman–Crippen LogP) is 2.61. The maximum Gasteiger partial charge on any atom is 0.328 e. The van der Waals surface area contributed by atoms with Gasteiger partial charge in [0.25, 0.3) is 0 Å². The Bertz CT molecular complexity index is 637. The van der Waals surface area contributed by atoms with Crippen LogP contribution in [0.15, 0.2) is 29.8 Å². The van der Waals surface area contributed by atoms with Crippen LogP contribution < -0.4 is 10.2 Å². The Balaban J connectivity index is 2.15. The van der Waals surface area contributed by atoms with Crippen molar-refractivity contribution in [3.63, 3.8) is 0 Å². The van der Waals surface area contributed by atoms with Crippen LogP contribution in [0.25, 0.3) is 6.08 Å². The van der Waals surface area contributed by atoms with Gasteiger partial charge in [-0.15, -0.1) is 0 Å². The van der Waals surface area contributed by atoms with Gasteiger partial charge in [0.05, 0.1) is 6.61 Å². The normalized spacial score (nSPS) is 14.7. The number of para-hydroxylation sites is 1. The van der Waals surface area contributed by atoms with E-state index < -0.39 is 6.04 Å². The topological polar surface area (TPSA) is 58.6 Å². The van der Waals surface area contributed by atoms with Gasteiger partial charge < -0.3 is 15.0 Å². The first-order valence-corrected chi connectivity index (χ1v) is 8.40. The fourth-order valence-corrected chi connectivity index (χ4v) is 2.85. The number of nitrogens with zero attached hydrogens (tertiary/aromatic N) is 1. The van der Waals surface area contributed by atoms with E-state index in [0.29, 0.717) is 25.1 Å². The van der Waals surface area contributed by atoms with Crippen molar-refractivity contribution < 1.29 is 14.3 Å². The van der Waals surface area contributed by atoms with Crippen molar-refractivity contribution in [1.82, 2.24) is 5.32 Å². The number of amides is 1. The van der Waals surface area contributed by atoms with Crippen LogP contribution in [-0.4, -0.2) is 38.1 Å². The second-order valence-electron chi connectivity index (χ2n) is 6.49. The molecule has 1 amide bonds. The van der Waals surface area contributed by atoms with Crippen molar-refractivity contribution in [2.24, 2.45) is 5.92 Å². The molecule has 1 unspecified atom stereocenters. The molecular formula is C19H26N2O3. The third-order valence-electron chi connectivity index (χ3n) is 3.96. The molecule has 24 heavy (non-hydrogen) atoms. The Morgan fingerprint density at radius 3 is 2.67 bits per heavy atom. The number of rotatable bonds is 6. The van der Waals surface area contributed by atoms with E-state index in [-0.39, 0.29) is 17.8 Å². The van der Waals surface area contributed by atoms with Gasteiger partial charge in [0.1, 0.15) is 6.04 Å². The molecule has 0 aromatic heterocycles. The lowest BCUT2D eigenvalue weighted by Gasteiger charge is -2.28.